The predicted octanol–water partition coefficient (Wildman–Crippen LogP) is 2.44. The molecular formula is C14H14N2O2S2. The predicted molar refractivity (Wildman–Crippen MR) is 81.2 cm³/mol. The summed E-state index contributed by atoms with van der Waals surface area (Å²) in [5.74, 6) is 7.53. The maximum absolute atomic E-state index is 8.65. The zero-order valence-electron chi connectivity index (χ0n) is 10.8. The Morgan fingerprint density at radius 3 is 2.85 bits per heavy atom. The second-order valence-electron chi connectivity index (χ2n) is 3.70. The molecule has 0 fully saturated rings. The molecule has 0 aliphatic rings. The van der Waals surface area contributed by atoms with E-state index in [1.807, 2.05) is 24.3 Å². The number of hydrogen-bond acceptors (Lipinski definition) is 6. The van der Waals surface area contributed by atoms with Crippen molar-refractivity contribution in [1.82, 2.24) is 10.2 Å². The van der Waals surface area contributed by atoms with Gasteiger partial charge < -0.3 is 9.84 Å². The van der Waals surface area contributed by atoms with Crippen molar-refractivity contribution in [1.29, 1.82) is 0 Å². The fourth-order valence-corrected chi connectivity index (χ4v) is 2.75. The molecule has 0 atom stereocenters. The van der Waals surface area contributed by atoms with Crippen LogP contribution < -0.4 is 4.74 Å². The van der Waals surface area contributed by atoms with Crippen molar-refractivity contribution in [3.05, 3.63) is 35.3 Å². The van der Waals surface area contributed by atoms with E-state index in [-0.39, 0.29) is 6.61 Å². The first kappa shape index (κ1) is 14.9. The summed E-state index contributed by atoms with van der Waals surface area (Å²) < 4.78 is 6.59. The summed E-state index contributed by atoms with van der Waals surface area (Å²) in [7, 11) is 0. The molecule has 0 saturated carbocycles. The third-order valence-corrected chi connectivity index (χ3v) is 4.07. The standard InChI is InChI=1S/C14H14N2O2S2/c17-8-2-1-3-12-4-6-13(7-5-12)18-9-10-19-14-16-15-11-20-14/h4-7,11,17H,2,8-10H2. The van der Waals surface area contributed by atoms with Crippen LogP contribution in [-0.4, -0.2) is 34.3 Å². The van der Waals surface area contributed by atoms with E-state index in [9.17, 15) is 0 Å². The Kier molecular flexibility index (Phi) is 6.38. The number of nitrogens with zero attached hydrogens (tertiary/aromatic N) is 2. The van der Waals surface area contributed by atoms with Gasteiger partial charge in [0, 0.05) is 17.7 Å². The molecule has 20 heavy (non-hydrogen) atoms. The molecule has 1 N–H and O–H groups in total. The lowest BCUT2D eigenvalue weighted by atomic mass is 10.2. The Hall–Kier alpha value is -1.55. The number of aliphatic hydroxyl groups is 1. The first-order valence-corrected chi connectivity index (χ1v) is 7.96. The van der Waals surface area contributed by atoms with Gasteiger partial charge in [0.25, 0.3) is 0 Å². The molecule has 1 heterocycles. The molecule has 1 aromatic carbocycles. The van der Waals surface area contributed by atoms with E-state index in [4.69, 9.17) is 9.84 Å². The van der Waals surface area contributed by atoms with Gasteiger partial charge in [-0.15, -0.1) is 10.2 Å². The number of aromatic nitrogens is 2. The van der Waals surface area contributed by atoms with Crippen LogP contribution in [0, 0.1) is 11.8 Å². The molecule has 0 aliphatic carbocycles. The third-order valence-electron chi connectivity index (χ3n) is 2.24. The zero-order chi connectivity index (χ0) is 14.0. The Labute approximate surface area is 126 Å². The molecule has 0 spiro atoms. The van der Waals surface area contributed by atoms with Crippen molar-refractivity contribution in [2.45, 2.75) is 10.8 Å². The molecule has 0 saturated heterocycles. The van der Waals surface area contributed by atoms with Crippen molar-refractivity contribution in [2.24, 2.45) is 0 Å². The van der Waals surface area contributed by atoms with Gasteiger partial charge in [-0.2, -0.15) is 0 Å². The summed E-state index contributed by atoms with van der Waals surface area (Å²) >= 11 is 3.17. The fourth-order valence-electron chi connectivity index (χ4n) is 1.37. The molecular weight excluding hydrogens is 292 g/mol. The van der Waals surface area contributed by atoms with Gasteiger partial charge >= 0.3 is 0 Å². The van der Waals surface area contributed by atoms with Gasteiger partial charge in [0.05, 0.1) is 13.2 Å². The summed E-state index contributed by atoms with van der Waals surface area (Å²) in [6.45, 7) is 0.722. The van der Waals surface area contributed by atoms with Crippen LogP contribution in [0.5, 0.6) is 5.75 Å². The largest absolute Gasteiger partial charge is 0.493 e. The first-order valence-electron chi connectivity index (χ1n) is 6.10. The highest BCUT2D eigenvalue weighted by molar-refractivity contribution is 8.01. The van der Waals surface area contributed by atoms with Gasteiger partial charge in [-0.3, -0.25) is 0 Å². The molecule has 0 bridgehead atoms. The maximum atomic E-state index is 8.65. The van der Waals surface area contributed by atoms with Crippen LogP contribution in [0.4, 0.5) is 0 Å². The van der Waals surface area contributed by atoms with Gasteiger partial charge in [0.1, 0.15) is 11.3 Å². The second-order valence-corrected chi connectivity index (χ2v) is 5.88. The number of thioether (sulfide) groups is 1. The average Bonchev–Trinajstić information content (AvgIpc) is 2.99. The average molecular weight is 306 g/mol. The molecule has 0 amide bonds. The lowest BCUT2D eigenvalue weighted by Gasteiger charge is -2.04. The van der Waals surface area contributed by atoms with Gasteiger partial charge in [-0.05, 0) is 24.3 Å². The number of hydrogen-bond donors (Lipinski definition) is 1. The van der Waals surface area contributed by atoms with Crippen LogP contribution in [0.2, 0.25) is 0 Å². The molecule has 0 unspecified atom stereocenters. The zero-order valence-corrected chi connectivity index (χ0v) is 12.4. The lowest BCUT2D eigenvalue weighted by molar-refractivity contribution is 0.305. The van der Waals surface area contributed by atoms with Crippen molar-refractivity contribution < 1.29 is 9.84 Å². The topological polar surface area (TPSA) is 55.2 Å². The minimum absolute atomic E-state index is 0.0977. The van der Waals surface area contributed by atoms with Gasteiger partial charge in [-0.1, -0.05) is 34.9 Å². The Bertz CT molecular complexity index is 559. The van der Waals surface area contributed by atoms with E-state index < -0.39 is 0 Å². The number of rotatable bonds is 6. The summed E-state index contributed by atoms with van der Waals surface area (Å²) in [6, 6.07) is 7.63. The molecule has 1 aromatic heterocycles. The van der Waals surface area contributed by atoms with Crippen LogP contribution in [-0.2, 0) is 0 Å². The number of ether oxygens (including phenoxy) is 1. The Morgan fingerprint density at radius 2 is 2.15 bits per heavy atom. The molecule has 2 rings (SSSR count). The minimum atomic E-state index is 0.0977. The van der Waals surface area contributed by atoms with Crippen molar-refractivity contribution in [3.63, 3.8) is 0 Å². The third kappa shape index (κ3) is 5.21. The van der Waals surface area contributed by atoms with Gasteiger partial charge in [0.15, 0.2) is 4.34 Å². The van der Waals surface area contributed by atoms with E-state index >= 15 is 0 Å². The second kappa shape index (κ2) is 8.59. The van der Waals surface area contributed by atoms with E-state index in [1.54, 1.807) is 17.3 Å². The minimum Gasteiger partial charge on any atom is -0.493 e. The van der Waals surface area contributed by atoms with Crippen molar-refractivity contribution in [2.75, 3.05) is 19.0 Å². The lowest BCUT2D eigenvalue weighted by Crippen LogP contribution is -1.99. The molecule has 0 radical (unpaired) electrons. The number of aliphatic hydroxyl groups excluding tert-OH is 1. The highest BCUT2D eigenvalue weighted by Gasteiger charge is 1.98. The number of benzene rings is 1. The van der Waals surface area contributed by atoms with Crippen LogP contribution in [0.25, 0.3) is 0 Å². The highest BCUT2D eigenvalue weighted by atomic mass is 32.2. The summed E-state index contributed by atoms with van der Waals surface area (Å²) in [5, 5.41) is 16.4. The van der Waals surface area contributed by atoms with Crippen LogP contribution in [0.3, 0.4) is 0 Å². The summed E-state index contributed by atoms with van der Waals surface area (Å²) in [4.78, 5) is 0. The SMILES string of the molecule is OCCC#Cc1ccc(OCCSc2nncs2)cc1. The monoisotopic (exact) mass is 306 g/mol. The van der Waals surface area contributed by atoms with Crippen molar-refractivity contribution >= 4 is 23.1 Å². The molecule has 2 aromatic rings. The molecule has 104 valence electrons. The van der Waals surface area contributed by atoms with E-state index in [0.717, 1.165) is 21.4 Å². The van der Waals surface area contributed by atoms with E-state index in [1.165, 1.54) is 11.3 Å². The van der Waals surface area contributed by atoms with Crippen molar-refractivity contribution in [3.8, 4) is 17.6 Å². The molecule has 6 heteroatoms. The Balaban J connectivity index is 1.72. The van der Waals surface area contributed by atoms with Crippen LogP contribution >= 0.6 is 23.1 Å². The van der Waals surface area contributed by atoms with Crippen LogP contribution in [0.1, 0.15) is 12.0 Å². The smallest absolute Gasteiger partial charge is 0.174 e. The summed E-state index contributed by atoms with van der Waals surface area (Å²) in [6.07, 6.45) is 0.501. The fraction of sp³-hybridized carbons (Fsp3) is 0.286. The Morgan fingerprint density at radius 1 is 1.30 bits per heavy atom. The molecule has 4 nitrogen and oxygen atoms in total. The quantitative estimate of drug-likeness (QED) is 0.505. The van der Waals surface area contributed by atoms with Crippen LogP contribution in [0.15, 0.2) is 34.1 Å². The molecule has 0 aliphatic heterocycles. The normalized spacial score (nSPS) is 9.85. The van der Waals surface area contributed by atoms with E-state index in [0.29, 0.717) is 13.0 Å². The highest BCUT2D eigenvalue weighted by Crippen LogP contribution is 2.19. The van der Waals surface area contributed by atoms with E-state index in [2.05, 4.69) is 22.0 Å². The summed E-state index contributed by atoms with van der Waals surface area (Å²) in [5.41, 5.74) is 2.65. The first-order chi connectivity index (χ1) is 9.88. The maximum Gasteiger partial charge on any atom is 0.174 e. The van der Waals surface area contributed by atoms with Gasteiger partial charge in [-0.25, -0.2) is 0 Å². The van der Waals surface area contributed by atoms with Gasteiger partial charge in [0.2, 0.25) is 0 Å².